The van der Waals surface area contributed by atoms with Crippen molar-refractivity contribution in [1.29, 1.82) is 0 Å². The molecule has 7 nitrogen and oxygen atoms in total. The molecule has 162 valence electrons. The second-order valence-electron chi connectivity index (χ2n) is 7.16. The Hall–Kier alpha value is -3.32. The average molecular weight is 443 g/mol. The van der Waals surface area contributed by atoms with Gasteiger partial charge < -0.3 is 9.47 Å². The van der Waals surface area contributed by atoms with Gasteiger partial charge in [0.2, 0.25) is 0 Å². The number of hydrogen-bond acceptors (Lipinski definition) is 5. The summed E-state index contributed by atoms with van der Waals surface area (Å²) in [4.78, 5) is 38.7. The van der Waals surface area contributed by atoms with Crippen molar-refractivity contribution in [3.63, 3.8) is 0 Å². The number of urea groups is 1. The Bertz CT molecular complexity index is 1060. The zero-order valence-corrected chi connectivity index (χ0v) is 18.4. The monoisotopic (exact) mass is 442 g/mol. The van der Waals surface area contributed by atoms with Gasteiger partial charge in [-0.25, -0.2) is 9.69 Å². The highest BCUT2D eigenvalue weighted by atomic mass is 35.5. The van der Waals surface area contributed by atoms with Crippen LogP contribution in [-0.4, -0.2) is 31.1 Å². The number of benzene rings is 2. The van der Waals surface area contributed by atoms with Crippen LogP contribution in [0.15, 0.2) is 42.0 Å². The van der Waals surface area contributed by atoms with Crippen LogP contribution in [0.1, 0.15) is 31.4 Å². The summed E-state index contributed by atoms with van der Waals surface area (Å²) in [5, 5.41) is 2.48. The second kappa shape index (κ2) is 9.22. The first-order valence-corrected chi connectivity index (χ1v) is 10.1. The van der Waals surface area contributed by atoms with Gasteiger partial charge >= 0.3 is 6.03 Å². The first-order valence-electron chi connectivity index (χ1n) is 9.77. The second-order valence-corrected chi connectivity index (χ2v) is 7.57. The van der Waals surface area contributed by atoms with Gasteiger partial charge in [-0.1, -0.05) is 36.2 Å². The van der Waals surface area contributed by atoms with Crippen molar-refractivity contribution >= 4 is 41.2 Å². The standard InChI is InChI=1S/C23H23ClN2O5/c1-5-14(3)31-20-18(24)11-15(12-19(20)30-4)10-17-21(27)25-23(29)26(22(17)28)16-8-6-13(2)7-9-16/h6-12,14H,5H2,1-4H3,(H,25,27,29)/b17-10+/t14-/m1/s1. The number of halogens is 1. The van der Waals surface area contributed by atoms with Crippen LogP contribution in [0.3, 0.4) is 0 Å². The van der Waals surface area contributed by atoms with Gasteiger partial charge in [0.05, 0.1) is 23.9 Å². The third-order valence-electron chi connectivity index (χ3n) is 4.85. The van der Waals surface area contributed by atoms with Crippen molar-refractivity contribution in [2.24, 2.45) is 0 Å². The van der Waals surface area contributed by atoms with Crippen LogP contribution in [0, 0.1) is 6.92 Å². The molecule has 1 fully saturated rings. The minimum atomic E-state index is -0.802. The predicted molar refractivity (Wildman–Crippen MR) is 119 cm³/mol. The number of carbonyl (C=O) groups excluding carboxylic acids is 3. The molecule has 0 aliphatic carbocycles. The number of methoxy groups -OCH3 is 1. The van der Waals surface area contributed by atoms with Crippen LogP contribution >= 0.6 is 11.6 Å². The SMILES string of the molecule is CC[C@@H](C)Oc1c(Cl)cc(/C=C2\C(=O)NC(=O)N(c3ccc(C)cc3)C2=O)cc1OC. The van der Waals surface area contributed by atoms with Gasteiger partial charge in [0, 0.05) is 0 Å². The van der Waals surface area contributed by atoms with E-state index in [1.54, 1.807) is 36.4 Å². The zero-order valence-electron chi connectivity index (χ0n) is 17.7. The van der Waals surface area contributed by atoms with Crippen molar-refractivity contribution < 1.29 is 23.9 Å². The molecule has 0 saturated carbocycles. The number of anilines is 1. The fourth-order valence-corrected chi connectivity index (χ4v) is 3.24. The molecule has 0 spiro atoms. The molecule has 2 aromatic carbocycles. The van der Waals surface area contributed by atoms with Crippen LogP contribution in [0.25, 0.3) is 6.08 Å². The van der Waals surface area contributed by atoms with Gasteiger partial charge in [-0.2, -0.15) is 0 Å². The molecule has 3 rings (SSSR count). The molecule has 0 bridgehead atoms. The maximum Gasteiger partial charge on any atom is 0.335 e. The van der Waals surface area contributed by atoms with E-state index >= 15 is 0 Å². The molecule has 1 atom stereocenters. The van der Waals surface area contributed by atoms with Gasteiger partial charge in [-0.3, -0.25) is 14.9 Å². The van der Waals surface area contributed by atoms with Gasteiger partial charge in [-0.15, -0.1) is 0 Å². The Kier molecular flexibility index (Phi) is 6.65. The average Bonchev–Trinajstić information content (AvgIpc) is 2.73. The molecule has 31 heavy (non-hydrogen) atoms. The molecule has 4 amide bonds. The van der Waals surface area contributed by atoms with Gasteiger partial charge in [0.15, 0.2) is 11.5 Å². The minimum Gasteiger partial charge on any atom is -0.493 e. The van der Waals surface area contributed by atoms with Crippen molar-refractivity contribution in [1.82, 2.24) is 5.32 Å². The number of hydrogen-bond donors (Lipinski definition) is 1. The first-order chi connectivity index (χ1) is 14.7. The van der Waals surface area contributed by atoms with Crippen LogP contribution in [0.4, 0.5) is 10.5 Å². The fourth-order valence-electron chi connectivity index (χ4n) is 2.97. The molecule has 1 saturated heterocycles. The topological polar surface area (TPSA) is 84.9 Å². The van der Waals surface area contributed by atoms with Gasteiger partial charge in [-0.05, 0) is 56.2 Å². The molecule has 1 aliphatic rings. The largest absolute Gasteiger partial charge is 0.493 e. The van der Waals surface area contributed by atoms with Crippen molar-refractivity contribution in [3.8, 4) is 11.5 Å². The van der Waals surface area contributed by atoms with E-state index in [-0.39, 0.29) is 16.7 Å². The highest BCUT2D eigenvalue weighted by Crippen LogP contribution is 2.38. The summed E-state index contributed by atoms with van der Waals surface area (Å²) < 4.78 is 11.2. The molecule has 8 heteroatoms. The Morgan fingerprint density at radius 3 is 2.45 bits per heavy atom. The van der Waals surface area contributed by atoms with Crippen LogP contribution in [0.2, 0.25) is 5.02 Å². The van der Waals surface area contributed by atoms with E-state index in [2.05, 4.69) is 5.32 Å². The molecule has 1 aliphatic heterocycles. The number of barbiturate groups is 1. The first kappa shape index (κ1) is 22.4. The fraction of sp³-hybridized carbons (Fsp3) is 0.261. The smallest absolute Gasteiger partial charge is 0.335 e. The van der Waals surface area contributed by atoms with E-state index in [4.69, 9.17) is 21.1 Å². The maximum absolute atomic E-state index is 13.0. The highest BCUT2D eigenvalue weighted by molar-refractivity contribution is 6.39. The van der Waals surface area contributed by atoms with Crippen LogP contribution in [0.5, 0.6) is 11.5 Å². The molecule has 0 radical (unpaired) electrons. The third-order valence-corrected chi connectivity index (χ3v) is 5.13. The molecule has 1 heterocycles. The highest BCUT2D eigenvalue weighted by Gasteiger charge is 2.36. The number of amides is 4. The van der Waals surface area contributed by atoms with Crippen molar-refractivity contribution in [2.45, 2.75) is 33.3 Å². The Morgan fingerprint density at radius 1 is 1.16 bits per heavy atom. The van der Waals surface area contributed by atoms with E-state index in [1.165, 1.54) is 13.2 Å². The van der Waals surface area contributed by atoms with E-state index in [9.17, 15) is 14.4 Å². The number of aryl methyl sites for hydroxylation is 1. The minimum absolute atomic E-state index is 0.0737. The Morgan fingerprint density at radius 2 is 1.84 bits per heavy atom. The summed E-state index contributed by atoms with van der Waals surface area (Å²) in [6.07, 6.45) is 2.07. The summed E-state index contributed by atoms with van der Waals surface area (Å²) in [5.74, 6) is -0.757. The third kappa shape index (κ3) is 4.72. The lowest BCUT2D eigenvalue weighted by atomic mass is 10.1. The summed E-state index contributed by atoms with van der Waals surface area (Å²) in [7, 11) is 1.47. The molecule has 0 unspecified atom stereocenters. The van der Waals surface area contributed by atoms with E-state index < -0.39 is 17.8 Å². The predicted octanol–water partition coefficient (Wildman–Crippen LogP) is 4.50. The molecular weight excluding hydrogens is 420 g/mol. The lowest BCUT2D eigenvalue weighted by Crippen LogP contribution is -2.54. The van der Waals surface area contributed by atoms with E-state index in [1.807, 2.05) is 20.8 Å². The lowest BCUT2D eigenvalue weighted by molar-refractivity contribution is -0.122. The number of nitrogens with zero attached hydrogens (tertiary/aromatic N) is 1. The normalized spacial score (nSPS) is 16.4. The summed E-state index contributed by atoms with van der Waals surface area (Å²) in [6, 6.07) is 9.21. The number of ether oxygens (including phenoxy) is 2. The van der Waals surface area contributed by atoms with Crippen LogP contribution in [-0.2, 0) is 9.59 Å². The van der Waals surface area contributed by atoms with Gasteiger partial charge in [0.1, 0.15) is 5.57 Å². The maximum atomic E-state index is 13.0. The van der Waals surface area contributed by atoms with Crippen molar-refractivity contribution in [3.05, 3.63) is 58.1 Å². The molecular formula is C23H23ClN2O5. The zero-order chi connectivity index (χ0) is 22.7. The summed E-state index contributed by atoms with van der Waals surface area (Å²) in [5.41, 5.74) is 1.59. The lowest BCUT2D eigenvalue weighted by Gasteiger charge is -2.26. The van der Waals surface area contributed by atoms with Crippen LogP contribution < -0.4 is 19.7 Å². The summed E-state index contributed by atoms with van der Waals surface area (Å²) in [6.45, 7) is 5.79. The number of rotatable bonds is 6. The Balaban J connectivity index is 2.00. The van der Waals surface area contributed by atoms with Gasteiger partial charge in [0.25, 0.3) is 11.8 Å². The quantitative estimate of drug-likeness (QED) is 0.526. The number of imide groups is 2. The molecule has 0 aromatic heterocycles. The molecule has 1 N–H and O–H groups in total. The summed E-state index contributed by atoms with van der Waals surface area (Å²) >= 11 is 6.38. The Labute approximate surface area is 185 Å². The molecule has 2 aromatic rings. The van der Waals surface area contributed by atoms with E-state index in [0.29, 0.717) is 22.7 Å². The number of nitrogens with one attached hydrogen (secondary N) is 1. The van der Waals surface area contributed by atoms with E-state index in [0.717, 1.165) is 16.9 Å². The number of carbonyl (C=O) groups is 3. The van der Waals surface area contributed by atoms with Crippen molar-refractivity contribution in [2.75, 3.05) is 12.0 Å².